The Morgan fingerprint density at radius 2 is 1.92 bits per heavy atom. The van der Waals surface area contributed by atoms with Gasteiger partial charge in [0.15, 0.2) is 0 Å². The Hall–Kier alpha value is -3.35. The number of nitrogens with zero attached hydrogens (tertiary/aromatic N) is 2. The van der Waals surface area contributed by atoms with Crippen LogP contribution in [0, 0.1) is 0 Å². The highest BCUT2D eigenvalue weighted by atomic mass is 16.5. The van der Waals surface area contributed by atoms with Crippen molar-refractivity contribution >= 4 is 23.8 Å². The number of carbonyl (C=O) groups excluding carboxylic acids is 2. The molecule has 3 amide bonds. The van der Waals surface area contributed by atoms with E-state index in [0.717, 1.165) is 10.3 Å². The third-order valence-electron chi connectivity index (χ3n) is 4.08. The van der Waals surface area contributed by atoms with Crippen molar-refractivity contribution in [2.75, 3.05) is 26.2 Å². The normalized spacial score (nSPS) is 14.2. The van der Waals surface area contributed by atoms with Gasteiger partial charge in [0, 0.05) is 54.2 Å². The third kappa shape index (κ3) is 4.38. The second kappa shape index (κ2) is 8.15. The Kier molecular flexibility index (Phi) is 5.48. The number of hydrogen-bond acceptors (Lipinski definition) is 3. The molecule has 0 aliphatic carbocycles. The van der Waals surface area contributed by atoms with E-state index in [2.05, 4.69) is 10.6 Å². The molecule has 1 heterocycles. The van der Waals surface area contributed by atoms with Gasteiger partial charge < -0.3 is 15.5 Å². The Balaban J connectivity index is 1.55. The van der Waals surface area contributed by atoms with Crippen LogP contribution >= 0.6 is 0 Å². The lowest BCUT2D eigenvalue weighted by molar-refractivity contribution is -0.709. The lowest BCUT2D eigenvalue weighted by atomic mass is 10.1. The fourth-order valence-electron chi connectivity index (χ4n) is 2.65. The van der Waals surface area contributed by atoms with E-state index in [0.29, 0.717) is 37.4 Å². The molecular formula is C19H21N4O3+. The number of carbonyl (C=O) groups is 2. The molecule has 0 bridgehead atoms. The smallest absolute Gasteiger partial charge is 0.317 e. The quantitative estimate of drug-likeness (QED) is 0.319. The number of urea groups is 1. The van der Waals surface area contributed by atoms with E-state index >= 15 is 0 Å². The minimum atomic E-state index is -0.194. The van der Waals surface area contributed by atoms with Crippen LogP contribution in [0.25, 0.3) is 0 Å². The van der Waals surface area contributed by atoms with E-state index in [-0.39, 0.29) is 11.9 Å². The highest BCUT2D eigenvalue weighted by Gasteiger charge is 2.18. The summed E-state index contributed by atoms with van der Waals surface area (Å²) in [5, 5.41) is 15.6. The molecule has 3 N–H and O–H groups in total. The third-order valence-corrected chi connectivity index (χ3v) is 4.08. The lowest BCUT2D eigenvalue weighted by Gasteiger charge is -2.14. The molecule has 0 aromatic heterocycles. The van der Waals surface area contributed by atoms with Crippen molar-refractivity contribution in [1.82, 2.24) is 15.5 Å². The van der Waals surface area contributed by atoms with Crippen molar-refractivity contribution < 1.29 is 19.5 Å². The zero-order valence-electron chi connectivity index (χ0n) is 14.3. The molecule has 1 aliphatic heterocycles. The van der Waals surface area contributed by atoms with Crippen LogP contribution in [0.5, 0.6) is 0 Å². The maximum absolute atomic E-state index is 12.2. The minimum Gasteiger partial charge on any atom is -0.350 e. The molecule has 0 radical (unpaired) electrons. The van der Waals surface area contributed by atoms with Gasteiger partial charge in [-0.25, -0.2) is 4.79 Å². The predicted octanol–water partition coefficient (Wildman–Crippen LogP) is 1.59. The van der Waals surface area contributed by atoms with Crippen LogP contribution in [0.1, 0.15) is 15.9 Å². The lowest BCUT2D eigenvalue weighted by Crippen LogP contribution is -2.36. The molecule has 7 nitrogen and oxygen atoms in total. The fraction of sp³-hybridized carbons (Fsp3) is 0.211. The van der Waals surface area contributed by atoms with Gasteiger partial charge in [0.05, 0.1) is 0 Å². The van der Waals surface area contributed by atoms with Gasteiger partial charge in [-0.15, -0.1) is 0 Å². The number of amides is 3. The highest BCUT2D eigenvalue weighted by Crippen LogP contribution is 2.09. The molecular weight excluding hydrogens is 332 g/mol. The monoisotopic (exact) mass is 353 g/mol. The topological polar surface area (TPSA) is 84.7 Å². The SMILES string of the molecule is O=C(NCCN1CCNC1=O)c1ccc(/C=[N+](\O)c2ccccc2)cc1. The molecule has 0 saturated carbocycles. The summed E-state index contributed by atoms with van der Waals surface area (Å²) in [7, 11) is 0. The summed E-state index contributed by atoms with van der Waals surface area (Å²) in [6.07, 6.45) is 1.57. The number of benzene rings is 2. The molecule has 1 aliphatic rings. The minimum absolute atomic E-state index is 0.0916. The first-order chi connectivity index (χ1) is 12.6. The number of hydrogen-bond donors (Lipinski definition) is 3. The number of para-hydroxylation sites is 1. The highest BCUT2D eigenvalue weighted by molar-refractivity contribution is 5.94. The Morgan fingerprint density at radius 3 is 2.58 bits per heavy atom. The zero-order chi connectivity index (χ0) is 18.4. The average molecular weight is 353 g/mol. The van der Waals surface area contributed by atoms with Crippen LogP contribution in [0.2, 0.25) is 0 Å². The Labute approximate surface area is 151 Å². The van der Waals surface area contributed by atoms with Gasteiger partial charge in [-0.1, -0.05) is 18.2 Å². The van der Waals surface area contributed by atoms with E-state index in [1.807, 2.05) is 18.2 Å². The molecule has 134 valence electrons. The van der Waals surface area contributed by atoms with E-state index in [1.54, 1.807) is 47.5 Å². The van der Waals surface area contributed by atoms with Gasteiger partial charge in [0.1, 0.15) is 0 Å². The molecule has 0 unspecified atom stereocenters. The van der Waals surface area contributed by atoms with Crippen molar-refractivity contribution in [3.63, 3.8) is 0 Å². The van der Waals surface area contributed by atoms with E-state index in [1.165, 1.54) is 0 Å². The van der Waals surface area contributed by atoms with Gasteiger partial charge >= 0.3 is 6.03 Å². The number of rotatable bonds is 6. The summed E-state index contributed by atoms with van der Waals surface area (Å²) < 4.78 is 1.04. The first kappa shape index (κ1) is 17.5. The van der Waals surface area contributed by atoms with Crippen LogP contribution in [0.15, 0.2) is 54.6 Å². The second-order valence-corrected chi connectivity index (χ2v) is 5.91. The van der Waals surface area contributed by atoms with Gasteiger partial charge in [0.25, 0.3) is 11.6 Å². The summed E-state index contributed by atoms with van der Waals surface area (Å²) in [5.74, 6) is -0.194. The van der Waals surface area contributed by atoms with Crippen molar-refractivity contribution in [3.8, 4) is 0 Å². The summed E-state index contributed by atoms with van der Waals surface area (Å²) in [4.78, 5) is 25.2. The molecule has 1 fully saturated rings. The first-order valence-corrected chi connectivity index (χ1v) is 8.42. The Morgan fingerprint density at radius 1 is 1.19 bits per heavy atom. The van der Waals surface area contributed by atoms with Crippen molar-refractivity contribution in [3.05, 3.63) is 65.7 Å². The van der Waals surface area contributed by atoms with Gasteiger partial charge in [-0.2, -0.15) is 0 Å². The molecule has 26 heavy (non-hydrogen) atoms. The second-order valence-electron chi connectivity index (χ2n) is 5.91. The van der Waals surface area contributed by atoms with Gasteiger partial charge in [-0.3, -0.25) is 10.0 Å². The van der Waals surface area contributed by atoms with Crippen LogP contribution in [0.4, 0.5) is 10.5 Å². The summed E-state index contributed by atoms with van der Waals surface area (Å²) >= 11 is 0. The molecule has 2 aromatic rings. The van der Waals surface area contributed by atoms with Crippen LogP contribution < -0.4 is 10.6 Å². The molecule has 0 spiro atoms. The maximum atomic E-state index is 12.2. The molecule has 3 rings (SSSR count). The number of nitrogens with one attached hydrogen (secondary N) is 2. The summed E-state index contributed by atoms with van der Waals surface area (Å²) in [6, 6.07) is 16.0. The van der Waals surface area contributed by atoms with E-state index in [4.69, 9.17) is 0 Å². The molecule has 1 saturated heterocycles. The van der Waals surface area contributed by atoms with E-state index < -0.39 is 0 Å². The first-order valence-electron chi connectivity index (χ1n) is 8.42. The summed E-state index contributed by atoms with van der Waals surface area (Å²) in [5.41, 5.74) is 1.94. The van der Waals surface area contributed by atoms with E-state index in [9.17, 15) is 14.8 Å². The Bertz CT molecular complexity index is 803. The predicted molar refractivity (Wildman–Crippen MR) is 97.1 cm³/mol. The van der Waals surface area contributed by atoms with Gasteiger partial charge in [-0.05, 0) is 24.3 Å². The summed E-state index contributed by atoms with van der Waals surface area (Å²) in [6.45, 7) is 2.20. The zero-order valence-corrected chi connectivity index (χ0v) is 14.3. The van der Waals surface area contributed by atoms with Crippen molar-refractivity contribution in [2.45, 2.75) is 0 Å². The van der Waals surface area contributed by atoms with Crippen molar-refractivity contribution in [1.29, 1.82) is 0 Å². The average Bonchev–Trinajstić information content (AvgIpc) is 3.08. The fourth-order valence-corrected chi connectivity index (χ4v) is 2.65. The van der Waals surface area contributed by atoms with Crippen LogP contribution in [-0.4, -0.2) is 59.2 Å². The molecule has 7 heteroatoms. The largest absolute Gasteiger partial charge is 0.350 e. The van der Waals surface area contributed by atoms with Crippen LogP contribution in [0.3, 0.4) is 0 Å². The molecule has 0 atom stereocenters. The maximum Gasteiger partial charge on any atom is 0.317 e. The van der Waals surface area contributed by atoms with Crippen LogP contribution in [-0.2, 0) is 0 Å². The van der Waals surface area contributed by atoms with Crippen molar-refractivity contribution in [2.24, 2.45) is 0 Å². The standard InChI is InChI=1S/C19H20N4O3/c24-18(20-10-12-22-13-11-21-19(22)25)16-8-6-15(7-9-16)14-23(26)17-4-2-1-3-5-17/h1-9,14H,10-13H2,(H2-,20,21,24,25,26)/p+1. The van der Waals surface area contributed by atoms with Gasteiger partial charge in [0.2, 0.25) is 6.21 Å². The molecule has 2 aromatic carbocycles.